The van der Waals surface area contributed by atoms with Gasteiger partial charge >= 0.3 is 19.4 Å². The molecule has 4 nitrogen and oxygen atoms in total. The monoisotopic (exact) mass is 166 g/mol. The molecule has 0 N–H and O–H groups in total. The number of methoxy groups -OCH3 is 1. The van der Waals surface area contributed by atoms with Crippen LogP contribution in [0.3, 0.4) is 0 Å². The first-order valence-corrected chi connectivity index (χ1v) is 2.60. The van der Waals surface area contributed by atoms with Gasteiger partial charge in [0.2, 0.25) is 0 Å². The van der Waals surface area contributed by atoms with Crippen LogP contribution in [0.2, 0.25) is 0 Å². The summed E-state index contributed by atoms with van der Waals surface area (Å²) in [6.07, 6.45) is -0.791. The van der Waals surface area contributed by atoms with Crippen LogP contribution in [0, 0.1) is 0 Å². The molecule has 7 heteroatoms. The Balaban J connectivity index is 3.61. The molecular formula is C4H5BF2O4. The van der Waals surface area contributed by atoms with Crippen LogP contribution in [0.15, 0.2) is 0 Å². The number of halogens is 2. The zero-order chi connectivity index (χ0) is 8.85. The molecule has 0 fully saturated rings. The lowest BCUT2D eigenvalue weighted by atomic mass is 10.3. The van der Waals surface area contributed by atoms with E-state index < -0.39 is 25.8 Å². The zero-order valence-electron chi connectivity index (χ0n) is 5.67. The number of hydrogen-bond acceptors (Lipinski definition) is 4. The SMILES string of the molecule is COC(=O)CC(=O)OB(F)F. The highest BCUT2D eigenvalue weighted by molar-refractivity contribution is 6.37. The molecule has 0 bridgehead atoms. The highest BCUT2D eigenvalue weighted by Crippen LogP contribution is 1.94. The number of carbonyl (C=O) groups excluding carboxylic acids is 2. The Morgan fingerprint density at radius 1 is 1.36 bits per heavy atom. The second-order valence-corrected chi connectivity index (χ2v) is 1.50. The van der Waals surface area contributed by atoms with Crippen molar-refractivity contribution >= 4 is 19.4 Å². The Kier molecular flexibility index (Phi) is 4.17. The second kappa shape index (κ2) is 4.65. The fourth-order valence-electron chi connectivity index (χ4n) is 0.331. The Morgan fingerprint density at radius 2 is 1.91 bits per heavy atom. The predicted octanol–water partition coefficient (Wildman–Crippen LogP) is 0.0166. The summed E-state index contributed by atoms with van der Waals surface area (Å²) in [4.78, 5) is 20.5. The molecule has 0 amide bonds. The van der Waals surface area contributed by atoms with Crippen molar-refractivity contribution in [3.63, 3.8) is 0 Å². The maximum absolute atomic E-state index is 11.2. The van der Waals surface area contributed by atoms with Crippen molar-refractivity contribution in [2.45, 2.75) is 6.42 Å². The summed E-state index contributed by atoms with van der Waals surface area (Å²) in [7, 11) is -2.15. The van der Waals surface area contributed by atoms with E-state index in [0.717, 1.165) is 7.11 Å². The van der Waals surface area contributed by atoms with Gasteiger partial charge in [-0.25, -0.2) is 8.63 Å². The molecule has 0 atom stereocenters. The van der Waals surface area contributed by atoms with Crippen molar-refractivity contribution in [1.82, 2.24) is 0 Å². The minimum absolute atomic E-state index is 0.791. The van der Waals surface area contributed by atoms with Crippen molar-refractivity contribution in [3.8, 4) is 0 Å². The third-order valence-corrected chi connectivity index (χ3v) is 0.737. The van der Waals surface area contributed by atoms with E-state index in [0.29, 0.717) is 0 Å². The van der Waals surface area contributed by atoms with Crippen LogP contribution in [0.4, 0.5) is 8.63 Å². The average Bonchev–Trinajstić information content (AvgIpc) is 1.85. The van der Waals surface area contributed by atoms with Gasteiger partial charge in [-0.3, -0.25) is 9.59 Å². The largest absolute Gasteiger partial charge is 0.798 e. The summed E-state index contributed by atoms with van der Waals surface area (Å²) in [5.41, 5.74) is 0. The highest BCUT2D eigenvalue weighted by atomic mass is 19.2. The van der Waals surface area contributed by atoms with E-state index in [-0.39, 0.29) is 0 Å². The summed E-state index contributed by atoms with van der Waals surface area (Å²) in [5, 5.41) is 0. The Hall–Kier alpha value is -1.14. The average molecular weight is 166 g/mol. The molecule has 0 aromatic heterocycles. The molecule has 0 unspecified atom stereocenters. The van der Waals surface area contributed by atoms with Gasteiger partial charge in [-0.05, 0) is 0 Å². The first-order chi connectivity index (χ1) is 5.06. The van der Waals surface area contributed by atoms with Crippen LogP contribution in [-0.2, 0) is 19.0 Å². The number of rotatable bonds is 3. The van der Waals surface area contributed by atoms with Crippen LogP contribution in [-0.4, -0.2) is 26.5 Å². The van der Waals surface area contributed by atoms with Gasteiger partial charge in [0.05, 0.1) is 7.11 Å². The quantitative estimate of drug-likeness (QED) is 0.336. The fraction of sp³-hybridized carbons (Fsp3) is 0.500. The summed E-state index contributed by atoms with van der Waals surface area (Å²) >= 11 is 0. The van der Waals surface area contributed by atoms with Gasteiger partial charge in [-0.2, -0.15) is 0 Å². The molecule has 0 aliphatic rings. The number of carbonyl (C=O) groups is 2. The molecule has 0 heterocycles. The lowest BCUT2D eigenvalue weighted by Crippen LogP contribution is -2.17. The molecule has 0 radical (unpaired) electrons. The zero-order valence-corrected chi connectivity index (χ0v) is 5.67. The Labute approximate surface area is 61.7 Å². The van der Waals surface area contributed by atoms with Gasteiger partial charge < -0.3 is 9.39 Å². The molecule has 0 aliphatic heterocycles. The molecule has 0 aliphatic carbocycles. The summed E-state index contributed by atoms with van der Waals surface area (Å²) in [5.74, 6) is -2.21. The number of hydrogen-bond donors (Lipinski definition) is 0. The van der Waals surface area contributed by atoms with E-state index >= 15 is 0 Å². The third-order valence-electron chi connectivity index (χ3n) is 0.737. The van der Waals surface area contributed by atoms with Gasteiger partial charge in [0.25, 0.3) is 0 Å². The lowest BCUT2D eigenvalue weighted by Gasteiger charge is -1.98. The molecular weight excluding hydrogens is 161 g/mol. The maximum Gasteiger partial charge on any atom is 0.798 e. The smallest absolute Gasteiger partial charge is 0.478 e. The molecule has 11 heavy (non-hydrogen) atoms. The number of ether oxygens (including phenoxy) is 1. The molecule has 0 aromatic carbocycles. The topological polar surface area (TPSA) is 52.6 Å². The first-order valence-electron chi connectivity index (χ1n) is 2.60. The first kappa shape index (κ1) is 9.86. The van der Waals surface area contributed by atoms with Crippen molar-refractivity contribution in [3.05, 3.63) is 0 Å². The van der Waals surface area contributed by atoms with Gasteiger partial charge in [-0.15, -0.1) is 0 Å². The highest BCUT2D eigenvalue weighted by Gasteiger charge is 2.23. The Bertz CT molecular complexity index is 160. The van der Waals surface area contributed by atoms with E-state index in [1.165, 1.54) is 0 Å². The van der Waals surface area contributed by atoms with Crippen LogP contribution in [0.25, 0.3) is 0 Å². The molecule has 0 rings (SSSR count). The minimum atomic E-state index is -3.19. The van der Waals surface area contributed by atoms with E-state index in [1.54, 1.807) is 0 Å². The predicted molar refractivity (Wildman–Crippen MR) is 30.7 cm³/mol. The number of esters is 1. The van der Waals surface area contributed by atoms with Crippen molar-refractivity contribution in [2.24, 2.45) is 0 Å². The van der Waals surface area contributed by atoms with E-state index in [9.17, 15) is 18.2 Å². The maximum atomic E-state index is 11.2. The molecule has 0 saturated carbocycles. The summed E-state index contributed by atoms with van der Waals surface area (Å²) in [6, 6.07) is 0. The van der Waals surface area contributed by atoms with Crippen molar-refractivity contribution in [1.29, 1.82) is 0 Å². The summed E-state index contributed by atoms with van der Waals surface area (Å²) in [6.45, 7) is 0. The normalized spacial score (nSPS) is 8.64. The molecule has 0 aromatic rings. The van der Waals surface area contributed by atoms with Crippen LogP contribution < -0.4 is 0 Å². The third kappa shape index (κ3) is 5.32. The lowest BCUT2D eigenvalue weighted by molar-refractivity contribution is -0.148. The van der Waals surface area contributed by atoms with Crippen molar-refractivity contribution in [2.75, 3.05) is 7.11 Å². The molecule has 0 spiro atoms. The van der Waals surface area contributed by atoms with Crippen LogP contribution in [0.5, 0.6) is 0 Å². The van der Waals surface area contributed by atoms with E-state index in [4.69, 9.17) is 0 Å². The van der Waals surface area contributed by atoms with E-state index in [2.05, 4.69) is 9.39 Å². The standard InChI is InChI=1S/C4H5BF2O4/c1-10-3(8)2-4(9)11-5(6)7/h2H2,1H3. The summed E-state index contributed by atoms with van der Waals surface area (Å²) < 4.78 is 29.9. The van der Waals surface area contributed by atoms with Gasteiger partial charge in [-0.1, -0.05) is 0 Å². The molecule has 62 valence electrons. The molecule has 0 saturated heterocycles. The second-order valence-electron chi connectivity index (χ2n) is 1.50. The van der Waals surface area contributed by atoms with Gasteiger partial charge in [0, 0.05) is 0 Å². The Morgan fingerprint density at radius 3 is 2.27 bits per heavy atom. The van der Waals surface area contributed by atoms with Gasteiger partial charge in [0.1, 0.15) is 6.42 Å². The fourth-order valence-corrected chi connectivity index (χ4v) is 0.331. The van der Waals surface area contributed by atoms with Crippen molar-refractivity contribution < 1.29 is 27.6 Å². The minimum Gasteiger partial charge on any atom is -0.478 e. The van der Waals surface area contributed by atoms with Crippen LogP contribution in [0.1, 0.15) is 6.42 Å². The van der Waals surface area contributed by atoms with Gasteiger partial charge in [0.15, 0.2) is 0 Å². The van der Waals surface area contributed by atoms with Crippen LogP contribution >= 0.6 is 0 Å². The van der Waals surface area contributed by atoms with E-state index in [1.807, 2.05) is 0 Å².